The van der Waals surface area contributed by atoms with E-state index < -0.39 is 0 Å². The van der Waals surface area contributed by atoms with E-state index in [4.69, 9.17) is 16.6 Å². The van der Waals surface area contributed by atoms with Gasteiger partial charge in [0.1, 0.15) is 5.01 Å². The molecule has 1 heterocycles. The van der Waals surface area contributed by atoms with Crippen LogP contribution in [0.2, 0.25) is 5.02 Å². The lowest BCUT2D eigenvalue weighted by molar-refractivity contribution is 0.465. The van der Waals surface area contributed by atoms with Gasteiger partial charge >= 0.3 is 0 Å². The normalized spacial score (nSPS) is 17.7. The summed E-state index contributed by atoms with van der Waals surface area (Å²) >= 11 is 9.64. The predicted octanol–water partition coefficient (Wildman–Crippen LogP) is 5.08. The van der Waals surface area contributed by atoms with Gasteiger partial charge in [0, 0.05) is 14.8 Å². The topological polar surface area (TPSA) is 24.9 Å². The molecule has 0 saturated carbocycles. The molecule has 3 rings (SSSR count). The van der Waals surface area contributed by atoms with Gasteiger partial charge in [-0.15, -0.1) is 23.1 Å². The fourth-order valence-electron chi connectivity index (χ4n) is 2.65. The molecule has 0 aliphatic heterocycles. The lowest BCUT2D eigenvalue weighted by Crippen LogP contribution is -2.24. The van der Waals surface area contributed by atoms with Crippen molar-refractivity contribution in [2.45, 2.75) is 42.9 Å². The predicted molar refractivity (Wildman–Crippen MR) is 92.5 cm³/mol. The minimum Gasteiger partial charge on any atom is -0.309 e. The number of nitrogens with zero attached hydrogens (tertiary/aromatic N) is 1. The van der Waals surface area contributed by atoms with E-state index in [9.17, 15) is 0 Å². The molecule has 0 bridgehead atoms. The Morgan fingerprint density at radius 2 is 2.19 bits per heavy atom. The number of benzene rings is 1. The second kappa shape index (κ2) is 7.14. The average molecular weight is 339 g/mol. The number of aromatic nitrogens is 1. The molecule has 112 valence electrons. The molecule has 1 N–H and O–H groups in total. The number of hydrogen-bond donors (Lipinski definition) is 1. The summed E-state index contributed by atoms with van der Waals surface area (Å²) in [5, 5.41) is 5.59. The summed E-state index contributed by atoms with van der Waals surface area (Å²) in [7, 11) is 0. The highest BCUT2D eigenvalue weighted by Crippen LogP contribution is 2.35. The SMILES string of the molecule is CCNC1CCCc2sc(CSc3ccc(Cl)cc3)nc21. The molecule has 5 heteroatoms. The van der Waals surface area contributed by atoms with Gasteiger partial charge in [-0.25, -0.2) is 4.98 Å². The standard InChI is InChI=1S/C16H19ClN2S2/c1-2-18-13-4-3-5-14-16(13)19-15(21-14)10-20-12-8-6-11(17)7-9-12/h6-9,13,18H,2-5,10H2,1H3. The molecule has 0 radical (unpaired) electrons. The Morgan fingerprint density at radius 1 is 1.38 bits per heavy atom. The highest BCUT2D eigenvalue weighted by atomic mass is 35.5. The third-order valence-electron chi connectivity index (χ3n) is 3.63. The van der Waals surface area contributed by atoms with Crippen LogP contribution in [0, 0.1) is 0 Å². The first-order valence-electron chi connectivity index (χ1n) is 7.36. The second-order valence-electron chi connectivity index (χ2n) is 5.16. The number of hydrogen-bond acceptors (Lipinski definition) is 4. The maximum Gasteiger partial charge on any atom is 0.103 e. The summed E-state index contributed by atoms with van der Waals surface area (Å²) in [6, 6.07) is 8.49. The second-order valence-corrected chi connectivity index (χ2v) is 7.81. The molecule has 1 aromatic heterocycles. The molecular formula is C16H19ClN2S2. The van der Waals surface area contributed by atoms with Crippen molar-refractivity contribution in [2.24, 2.45) is 0 Å². The highest BCUT2D eigenvalue weighted by molar-refractivity contribution is 7.98. The van der Waals surface area contributed by atoms with Crippen molar-refractivity contribution in [3.8, 4) is 0 Å². The number of thiazole rings is 1. The van der Waals surface area contributed by atoms with Crippen LogP contribution >= 0.6 is 34.7 Å². The van der Waals surface area contributed by atoms with E-state index in [0.29, 0.717) is 6.04 Å². The van der Waals surface area contributed by atoms with Gasteiger partial charge in [-0.05, 0) is 50.1 Å². The van der Waals surface area contributed by atoms with Gasteiger partial charge < -0.3 is 5.32 Å². The van der Waals surface area contributed by atoms with Crippen LogP contribution in [0.3, 0.4) is 0 Å². The quantitative estimate of drug-likeness (QED) is 0.770. The Labute approximate surface area is 139 Å². The zero-order valence-corrected chi connectivity index (χ0v) is 14.5. The van der Waals surface area contributed by atoms with Crippen LogP contribution in [0.1, 0.15) is 41.4 Å². The van der Waals surface area contributed by atoms with E-state index in [2.05, 4.69) is 24.4 Å². The zero-order chi connectivity index (χ0) is 14.7. The summed E-state index contributed by atoms with van der Waals surface area (Å²) in [5.74, 6) is 0.943. The van der Waals surface area contributed by atoms with Crippen molar-refractivity contribution in [3.63, 3.8) is 0 Å². The average Bonchev–Trinajstić information content (AvgIpc) is 2.91. The molecule has 2 nitrogen and oxygen atoms in total. The third kappa shape index (κ3) is 3.81. The minimum absolute atomic E-state index is 0.462. The van der Waals surface area contributed by atoms with E-state index in [1.165, 1.54) is 39.7 Å². The molecule has 0 fully saturated rings. The first-order valence-corrected chi connectivity index (χ1v) is 9.54. The van der Waals surface area contributed by atoms with Gasteiger partial charge in [-0.2, -0.15) is 0 Å². The van der Waals surface area contributed by atoms with Crippen LogP contribution in [0.15, 0.2) is 29.2 Å². The molecule has 2 aromatic rings. The summed E-state index contributed by atoms with van der Waals surface area (Å²) < 4.78 is 0. The van der Waals surface area contributed by atoms with Gasteiger partial charge in [0.15, 0.2) is 0 Å². The van der Waals surface area contributed by atoms with Crippen molar-refractivity contribution in [1.29, 1.82) is 0 Å². The Hall–Kier alpha value is -0.550. The maximum absolute atomic E-state index is 5.92. The smallest absolute Gasteiger partial charge is 0.103 e. The van der Waals surface area contributed by atoms with Crippen molar-refractivity contribution < 1.29 is 0 Å². The molecule has 1 unspecified atom stereocenters. The lowest BCUT2D eigenvalue weighted by Gasteiger charge is -2.21. The minimum atomic E-state index is 0.462. The molecule has 21 heavy (non-hydrogen) atoms. The highest BCUT2D eigenvalue weighted by Gasteiger charge is 2.23. The molecule has 0 amide bonds. The summed E-state index contributed by atoms with van der Waals surface area (Å²) in [5.41, 5.74) is 1.31. The van der Waals surface area contributed by atoms with Crippen LogP contribution < -0.4 is 5.32 Å². The van der Waals surface area contributed by atoms with E-state index in [-0.39, 0.29) is 0 Å². The largest absolute Gasteiger partial charge is 0.309 e. The Balaban J connectivity index is 1.68. The van der Waals surface area contributed by atoms with E-state index in [1.807, 2.05) is 35.2 Å². The van der Waals surface area contributed by atoms with Crippen LogP contribution in [0.4, 0.5) is 0 Å². The first-order chi connectivity index (χ1) is 10.3. The molecule has 1 aromatic carbocycles. The van der Waals surface area contributed by atoms with Crippen LogP contribution in [0.5, 0.6) is 0 Å². The van der Waals surface area contributed by atoms with Crippen LogP contribution in [-0.4, -0.2) is 11.5 Å². The Bertz CT molecular complexity index is 595. The van der Waals surface area contributed by atoms with E-state index in [1.54, 1.807) is 0 Å². The summed E-state index contributed by atoms with van der Waals surface area (Å²) in [6.07, 6.45) is 3.69. The third-order valence-corrected chi connectivity index (χ3v) is 6.21. The zero-order valence-electron chi connectivity index (χ0n) is 12.1. The molecule has 1 atom stereocenters. The monoisotopic (exact) mass is 338 g/mol. The Kier molecular flexibility index (Phi) is 5.22. The maximum atomic E-state index is 5.92. The van der Waals surface area contributed by atoms with Crippen molar-refractivity contribution in [3.05, 3.63) is 44.9 Å². The van der Waals surface area contributed by atoms with E-state index >= 15 is 0 Å². The number of fused-ring (bicyclic) bond motifs is 1. The number of thioether (sulfide) groups is 1. The fourth-order valence-corrected chi connectivity index (χ4v) is 4.84. The lowest BCUT2D eigenvalue weighted by atomic mass is 9.98. The van der Waals surface area contributed by atoms with Gasteiger partial charge in [-0.3, -0.25) is 0 Å². The summed E-state index contributed by atoms with van der Waals surface area (Å²) in [6.45, 7) is 3.18. The van der Waals surface area contributed by atoms with Gasteiger partial charge in [-0.1, -0.05) is 18.5 Å². The number of nitrogens with one attached hydrogen (secondary N) is 1. The van der Waals surface area contributed by atoms with Crippen molar-refractivity contribution in [2.75, 3.05) is 6.54 Å². The number of rotatable bonds is 5. The number of halogens is 1. The first kappa shape index (κ1) is 15.3. The summed E-state index contributed by atoms with van der Waals surface area (Å²) in [4.78, 5) is 7.62. The van der Waals surface area contributed by atoms with Gasteiger partial charge in [0.25, 0.3) is 0 Å². The molecular weight excluding hydrogens is 320 g/mol. The van der Waals surface area contributed by atoms with E-state index in [0.717, 1.165) is 17.3 Å². The number of aryl methyl sites for hydroxylation is 1. The fraction of sp³-hybridized carbons (Fsp3) is 0.438. The van der Waals surface area contributed by atoms with Crippen molar-refractivity contribution in [1.82, 2.24) is 10.3 Å². The molecule has 0 spiro atoms. The van der Waals surface area contributed by atoms with Crippen molar-refractivity contribution >= 4 is 34.7 Å². The molecule has 0 saturated heterocycles. The van der Waals surface area contributed by atoms with Gasteiger partial charge in [0.2, 0.25) is 0 Å². The Morgan fingerprint density at radius 3 is 2.95 bits per heavy atom. The van der Waals surface area contributed by atoms with Crippen LogP contribution in [0.25, 0.3) is 0 Å². The van der Waals surface area contributed by atoms with Gasteiger partial charge in [0.05, 0.1) is 17.5 Å². The van der Waals surface area contributed by atoms with Crippen LogP contribution in [-0.2, 0) is 12.2 Å². The molecule has 1 aliphatic carbocycles. The molecule has 1 aliphatic rings.